The van der Waals surface area contributed by atoms with Crippen LogP contribution in [0.2, 0.25) is 0 Å². The number of halogens is 1. The number of hydrogen-bond donors (Lipinski definition) is 0. The molecule has 0 bridgehead atoms. The Labute approximate surface area is 122 Å². The first-order valence-electron chi connectivity index (χ1n) is 6.69. The third-order valence-corrected chi connectivity index (χ3v) is 5.41. The van der Waals surface area contributed by atoms with Crippen molar-refractivity contribution in [1.82, 2.24) is 9.78 Å². The first-order valence-corrected chi connectivity index (χ1v) is 9.00. The molecule has 2 aliphatic rings. The van der Waals surface area contributed by atoms with Gasteiger partial charge in [0.2, 0.25) is 0 Å². The molecule has 0 radical (unpaired) electrons. The average Bonchev–Trinajstić information content (AvgIpc) is 2.89. The third-order valence-electron chi connectivity index (χ3n) is 4.10. The summed E-state index contributed by atoms with van der Waals surface area (Å²) in [5.74, 6) is 0. The van der Waals surface area contributed by atoms with Gasteiger partial charge in [-0.25, -0.2) is 8.42 Å². The van der Waals surface area contributed by atoms with Crippen molar-refractivity contribution in [3.8, 4) is 0 Å². The van der Waals surface area contributed by atoms with Crippen LogP contribution in [0, 0.1) is 0 Å². The summed E-state index contributed by atoms with van der Waals surface area (Å²) in [4.78, 5) is 0.0479. The zero-order chi connectivity index (χ0) is 14.2. The SMILES string of the molecule is O=S(=O)(Cl)c1cnn(C2CCOC3(CCOCC3)C2)c1. The molecule has 3 rings (SSSR count). The summed E-state index contributed by atoms with van der Waals surface area (Å²) in [7, 11) is 1.61. The molecule has 0 N–H and O–H groups in total. The Hall–Kier alpha value is -0.630. The van der Waals surface area contributed by atoms with Crippen LogP contribution in [0.3, 0.4) is 0 Å². The van der Waals surface area contributed by atoms with Gasteiger partial charge in [0.15, 0.2) is 0 Å². The van der Waals surface area contributed by atoms with Crippen LogP contribution < -0.4 is 0 Å². The van der Waals surface area contributed by atoms with Gasteiger partial charge in [0, 0.05) is 36.7 Å². The highest BCUT2D eigenvalue weighted by atomic mass is 35.7. The summed E-state index contributed by atoms with van der Waals surface area (Å²) in [6.07, 6.45) is 6.22. The largest absolute Gasteiger partial charge is 0.381 e. The summed E-state index contributed by atoms with van der Waals surface area (Å²) in [6, 6.07) is 0.147. The van der Waals surface area contributed by atoms with Gasteiger partial charge >= 0.3 is 0 Å². The summed E-state index contributed by atoms with van der Waals surface area (Å²) in [5, 5.41) is 4.15. The Morgan fingerprint density at radius 2 is 2.10 bits per heavy atom. The summed E-state index contributed by atoms with van der Waals surface area (Å²) >= 11 is 0. The van der Waals surface area contributed by atoms with Gasteiger partial charge in [-0.2, -0.15) is 5.10 Å². The van der Waals surface area contributed by atoms with E-state index in [2.05, 4.69) is 5.10 Å². The van der Waals surface area contributed by atoms with Crippen LogP contribution in [0.15, 0.2) is 17.3 Å². The molecular formula is C12H17ClN2O4S. The molecule has 1 aromatic rings. The van der Waals surface area contributed by atoms with Gasteiger partial charge in [-0.1, -0.05) is 0 Å². The average molecular weight is 321 g/mol. The van der Waals surface area contributed by atoms with E-state index in [9.17, 15) is 8.42 Å². The Bertz CT molecular complexity index is 575. The molecular weight excluding hydrogens is 304 g/mol. The van der Waals surface area contributed by atoms with Crippen LogP contribution >= 0.6 is 10.7 Å². The van der Waals surface area contributed by atoms with Crippen molar-refractivity contribution in [3.05, 3.63) is 12.4 Å². The van der Waals surface area contributed by atoms with E-state index >= 15 is 0 Å². The van der Waals surface area contributed by atoms with Crippen LogP contribution in [0.4, 0.5) is 0 Å². The van der Waals surface area contributed by atoms with Gasteiger partial charge in [0.1, 0.15) is 4.90 Å². The van der Waals surface area contributed by atoms with E-state index < -0.39 is 9.05 Å². The summed E-state index contributed by atoms with van der Waals surface area (Å²) < 4.78 is 35.6. The lowest BCUT2D eigenvalue weighted by Gasteiger charge is -2.43. The fourth-order valence-corrected chi connectivity index (χ4v) is 3.61. The highest BCUT2D eigenvalue weighted by Crippen LogP contribution is 2.39. The monoisotopic (exact) mass is 320 g/mol. The van der Waals surface area contributed by atoms with Gasteiger partial charge in [-0.15, -0.1) is 0 Å². The lowest BCUT2D eigenvalue weighted by molar-refractivity contribution is -0.145. The van der Waals surface area contributed by atoms with Crippen LogP contribution in [0.5, 0.6) is 0 Å². The van der Waals surface area contributed by atoms with Crippen molar-refractivity contribution in [2.24, 2.45) is 0 Å². The first kappa shape index (κ1) is 14.3. The molecule has 2 fully saturated rings. The van der Waals surface area contributed by atoms with E-state index in [1.54, 1.807) is 4.68 Å². The van der Waals surface area contributed by atoms with Crippen LogP contribution in [-0.4, -0.2) is 43.6 Å². The quantitative estimate of drug-likeness (QED) is 0.776. The molecule has 0 aromatic carbocycles. The second-order valence-electron chi connectivity index (χ2n) is 5.38. The summed E-state index contributed by atoms with van der Waals surface area (Å²) in [6.45, 7) is 2.09. The van der Waals surface area contributed by atoms with Crippen molar-refractivity contribution in [1.29, 1.82) is 0 Å². The number of ether oxygens (including phenoxy) is 2. The van der Waals surface area contributed by atoms with Crippen LogP contribution in [-0.2, 0) is 18.5 Å². The van der Waals surface area contributed by atoms with Crippen molar-refractivity contribution < 1.29 is 17.9 Å². The van der Waals surface area contributed by atoms with Crippen LogP contribution in [0.1, 0.15) is 31.7 Å². The maximum absolute atomic E-state index is 11.3. The maximum Gasteiger partial charge on any atom is 0.264 e. The summed E-state index contributed by atoms with van der Waals surface area (Å²) in [5.41, 5.74) is -0.146. The minimum atomic E-state index is -3.72. The van der Waals surface area contributed by atoms with Gasteiger partial charge in [-0.3, -0.25) is 4.68 Å². The second kappa shape index (κ2) is 5.29. The van der Waals surface area contributed by atoms with Crippen LogP contribution in [0.25, 0.3) is 0 Å². The fourth-order valence-electron chi connectivity index (χ4n) is 2.97. The fraction of sp³-hybridized carbons (Fsp3) is 0.750. The predicted molar refractivity (Wildman–Crippen MR) is 72.3 cm³/mol. The molecule has 1 unspecified atom stereocenters. The lowest BCUT2D eigenvalue weighted by Crippen LogP contribution is -2.44. The number of rotatable bonds is 2. The van der Waals surface area contributed by atoms with Crippen molar-refractivity contribution in [2.75, 3.05) is 19.8 Å². The Kier molecular flexibility index (Phi) is 3.79. The molecule has 8 heteroatoms. The zero-order valence-electron chi connectivity index (χ0n) is 11.0. The standard InChI is InChI=1S/C12H17ClN2O4S/c13-20(16,17)11-8-14-15(9-11)10-1-4-19-12(7-10)2-5-18-6-3-12/h8-10H,1-7H2. The third kappa shape index (κ3) is 2.86. The van der Waals surface area contributed by atoms with Gasteiger partial charge in [-0.05, 0) is 25.7 Å². The first-order chi connectivity index (χ1) is 9.49. The Morgan fingerprint density at radius 3 is 2.75 bits per heavy atom. The minimum absolute atomic E-state index is 0.0479. The number of nitrogens with zero attached hydrogens (tertiary/aromatic N) is 2. The van der Waals surface area contributed by atoms with Gasteiger partial charge in [0.05, 0.1) is 17.8 Å². The zero-order valence-corrected chi connectivity index (χ0v) is 12.6. The van der Waals surface area contributed by atoms with Crippen molar-refractivity contribution in [3.63, 3.8) is 0 Å². The molecule has 0 amide bonds. The van der Waals surface area contributed by atoms with E-state index in [4.69, 9.17) is 20.2 Å². The Morgan fingerprint density at radius 1 is 1.35 bits per heavy atom. The predicted octanol–water partition coefficient (Wildman–Crippen LogP) is 1.71. The lowest BCUT2D eigenvalue weighted by atomic mass is 9.84. The molecule has 2 aliphatic heterocycles. The van der Waals surface area contributed by atoms with Crippen molar-refractivity contribution >= 4 is 19.7 Å². The normalized spacial score (nSPS) is 26.8. The molecule has 20 heavy (non-hydrogen) atoms. The molecule has 1 aromatic heterocycles. The van der Waals surface area contributed by atoms with E-state index in [-0.39, 0.29) is 16.5 Å². The van der Waals surface area contributed by atoms with E-state index in [0.717, 1.165) is 25.7 Å². The minimum Gasteiger partial charge on any atom is -0.381 e. The molecule has 0 aliphatic carbocycles. The molecule has 1 spiro atoms. The molecule has 1 atom stereocenters. The molecule has 3 heterocycles. The number of hydrogen-bond acceptors (Lipinski definition) is 5. The van der Waals surface area contributed by atoms with Gasteiger partial charge in [0.25, 0.3) is 9.05 Å². The highest BCUT2D eigenvalue weighted by Gasteiger charge is 2.39. The second-order valence-corrected chi connectivity index (χ2v) is 7.95. The highest BCUT2D eigenvalue weighted by molar-refractivity contribution is 8.13. The molecule has 112 valence electrons. The molecule has 0 saturated carbocycles. The van der Waals surface area contributed by atoms with Crippen molar-refractivity contribution in [2.45, 2.75) is 42.2 Å². The smallest absolute Gasteiger partial charge is 0.264 e. The van der Waals surface area contributed by atoms with Gasteiger partial charge < -0.3 is 9.47 Å². The maximum atomic E-state index is 11.3. The van der Waals surface area contributed by atoms with E-state index in [1.165, 1.54) is 12.4 Å². The number of aromatic nitrogens is 2. The topological polar surface area (TPSA) is 70.4 Å². The molecule has 2 saturated heterocycles. The van der Waals surface area contributed by atoms with E-state index in [1.807, 2.05) is 0 Å². The van der Waals surface area contributed by atoms with E-state index in [0.29, 0.717) is 19.8 Å². The molecule has 6 nitrogen and oxygen atoms in total. The Balaban J connectivity index is 1.78.